The van der Waals surface area contributed by atoms with Crippen molar-refractivity contribution in [2.24, 2.45) is 0 Å². The van der Waals surface area contributed by atoms with Crippen LogP contribution in [0.5, 0.6) is 0 Å². The van der Waals surface area contributed by atoms with Crippen molar-refractivity contribution < 1.29 is 0 Å². The molecule has 1 N–H and O–H groups in total. The van der Waals surface area contributed by atoms with E-state index in [0.717, 1.165) is 13.0 Å². The average Bonchev–Trinajstić information content (AvgIpc) is 2.25. The Morgan fingerprint density at radius 1 is 1.27 bits per heavy atom. The van der Waals surface area contributed by atoms with E-state index in [1.165, 1.54) is 32.4 Å². The normalized spacial score (nSPS) is 20.1. The number of nitrogens with one attached hydrogen (secondary N) is 1. The molecule has 0 amide bonds. The molecule has 0 aromatic heterocycles. The van der Waals surface area contributed by atoms with Crippen molar-refractivity contribution in [1.82, 2.24) is 10.2 Å². The smallest absolute Gasteiger partial charge is 0.0967 e. The van der Waals surface area contributed by atoms with Gasteiger partial charge in [-0.15, -0.1) is 0 Å². The topological polar surface area (TPSA) is 39.1 Å². The van der Waals surface area contributed by atoms with Crippen LogP contribution in [-0.4, -0.2) is 36.6 Å². The van der Waals surface area contributed by atoms with E-state index in [-0.39, 0.29) is 6.04 Å². The molecule has 1 atom stereocenters. The van der Waals surface area contributed by atoms with E-state index in [9.17, 15) is 0 Å². The number of rotatable bonds is 5. The Kier molecular flexibility index (Phi) is 5.67. The zero-order valence-electron chi connectivity index (χ0n) is 10.00. The van der Waals surface area contributed by atoms with E-state index in [4.69, 9.17) is 5.26 Å². The summed E-state index contributed by atoms with van der Waals surface area (Å²) in [6.07, 6.45) is 4.99. The molecule has 0 spiro atoms. The number of nitriles is 1. The first-order valence-electron chi connectivity index (χ1n) is 6.10. The molecule has 0 aliphatic carbocycles. The molecule has 1 unspecified atom stereocenters. The van der Waals surface area contributed by atoms with E-state index in [1.807, 2.05) is 0 Å². The molecular formula is C12H23N3. The van der Waals surface area contributed by atoms with Crippen molar-refractivity contribution in [3.8, 4) is 6.07 Å². The number of likely N-dealkylation sites (tertiary alicyclic amines) is 1. The molecule has 0 saturated carbocycles. The lowest BCUT2D eigenvalue weighted by Crippen LogP contribution is -2.38. The van der Waals surface area contributed by atoms with Crippen LogP contribution in [0.15, 0.2) is 0 Å². The van der Waals surface area contributed by atoms with Crippen molar-refractivity contribution in [3.63, 3.8) is 0 Å². The summed E-state index contributed by atoms with van der Waals surface area (Å²) in [5.41, 5.74) is 0. The van der Waals surface area contributed by atoms with Gasteiger partial charge in [0, 0.05) is 12.6 Å². The van der Waals surface area contributed by atoms with Gasteiger partial charge in [0.2, 0.25) is 0 Å². The van der Waals surface area contributed by atoms with Crippen molar-refractivity contribution in [2.75, 3.05) is 19.6 Å². The maximum absolute atomic E-state index is 8.97. The van der Waals surface area contributed by atoms with Crippen LogP contribution in [0.4, 0.5) is 0 Å². The van der Waals surface area contributed by atoms with Crippen molar-refractivity contribution in [1.29, 1.82) is 5.26 Å². The van der Waals surface area contributed by atoms with Gasteiger partial charge in [-0.2, -0.15) is 5.26 Å². The van der Waals surface area contributed by atoms with Gasteiger partial charge in [0.15, 0.2) is 0 Å². The molecule has 0 bridgehead atoms. The minimum absolute atomic E-state index is 0.0203. The molecule has 1 aliphatic heterocycles. The molecule has 86 valence electrons. The van der Waals surface area contributed by atoms with Gasteiger partial charge >= 0.3 is 0 Å². The quantitative estimate of drug-likeness (QED) is 0.750. The zero-order chi connectivity index (χ0) is 11.1. The number of hydrogen-bond acceptors (Lipinski definition) is 3. The second-order valence-corrected chi connectivity index (χ2v) is 4.69. The van der Waals surface area contributed by atoms with E-state index in [0.29, 0.717) is 6.04 Å². The highest BCUT2D eigenvalue weighted by molar-refractivity contribution is 4.91. The van der Waals surface area contributed by atoms with Gasteiger partial charge in [-0.3, -0.25) is 5.32 Å². The maximum Gasteiger partial charge on any atom is 0.0967 e. The number of hydrogen-bond donors (Lipinski definition) is 1. The van der Waals surface area contributed by atoms with Crippen LogP contribution < -0.4 is 5.32 Å². The molecular weight excluding hydrogens is 186 g/mol. The van der Waals surface area contributed by atoms with Crippen LogP contribution in [0, 0.1) is 11.3 Å². The van der Waals surface area contributed by atoms with E-state index in [2.05, 4.69) is 30.1 Å². The summed E-state index contributed by atoms with van der Waals surface area (Å²) in [5.74, 6) is 0. The highest BCUT2D eigenvalue weighted by Gasteiger charge is 2.13. The largest absolute Gasteiger partial charge is 0.303 e. The standard InChI is InChI=1S/C12H23N3/c1-11(2)14-12(10-13)6-9-15-7-4-3-5-8-15/h11-12,14H,3-9H2,1-2H3. The molecule has 0 aromatic carbocycles. The van der Waals surface area contributed by atoms with Crippen molar-refractivity contribution in [2.45, 2.75) is 51.6 Å². The van der Waals surface area contributed by atoms with Gasteiger partial charge in [0.25, 0.3) is 0 Å². The fraction of sp³-hybridized carbons (Fsp3) is 0.917. The highest BCUT2D eigenvalue weighted by Crippen LogP contribution is 2.09. The Balaban J connectivity index is 2.18. The first-order chi connectivity index (χ1) is 7.22. The first-order valence-corrected chi connectivity index (χ1v) is 6.10. The molecule has 0 aromatic rings. The summed E-state index contributed by atoms with van der Waals surface area (Å²) >= 11 is 0. The Morgan fingerprint density at radius 3 is 2.47 bits per heavy atom. The summed E-state index contributed by atoms with van der Waals surface area (Å²) in [4.78, 5) is 2.48. The van der Waals surface area contributed by atoms with Crippen LogP contribution in [0.1, 0.15) is 39.5 Å². The van der Waals surface area contributed by atoms with Crippen molar-refractivity contribution in [3.05, 3.63) is 0 Å². The van der Waals surface area contributed by atoms with Gasteiger partial charge in [-0.1, -0.05) is 6.42 Å². The third kappa shape index (κ3) is 5.15. The molecule has 1 saturated heterocycles. The van der Waals surface area contributed by atoms with Crippen LogP contribution in [-0.2, 0) is 0 Å². The monoisotopic (exact) mass is 209 g/mol. The van der Waals surface area contributed by atoms with Crippen LogP contribution >= 0.6 is 0 Å². The van der Waals surface area contributed by atoms with Gasteiger partial charge in [0.1, 0.15) is 0 Å². The van der Waals surface area contributed by atoms with E-state index >= 15 is 0 Å². The summed E-state index contributed by atoms with van der Waals surface area (Å²) in [5, 5.41) is 12.3. The summed E-state index contributed by atoms with van der Waals surface area (Å²) in [7, 11) is 0. The fourth-order valence-electron chi connectivity index (χ4n) is 2.08. The number of piperidine rings is 1. The Morgan fingerprint density at radius 2 is 1.93 bits per heavy atom. The van der Waals surface area contributed by atoms with E-state index in [1.54, 1.807) is 0 Å². The highest BCUT2D eigenvalue weighted by atomic mass is 15.1. The minimum atomic E-state index is 0.0203. The zero-order valence-corrected chi connectivity index (χ0v) is 10.00. The molecule has 0 radical (unpaired) electrons. The van der Waals surface area contributed by atoms with Crippen LogP contribution in [0.2, 0.25) is 0 Å². The maximum atomic E-state index is 8.97. The SMILES string of the molecule is CC(C)NC(C#N)CCN1CCCCC1. The lowest BCUT2D eigenvalue weighted by atomic mass is 10.1. The predicted octanol–water partition coefficient (Wildman–Crippen LogP) is 1.75. The van der Waals surface area contributed by atoms with Crippen LogP contribution in [0.25, 0.3) is 0 Å². The minimum Gasteiger partial charge on any atom is -0.303 e. The molecule has 3 heteroatoms. The average molecular weight is 209 g/mol. The molecule has 3 nitrogen and oxygen atoms in total. The molecule has 15 heavy (non-hydrogen) atoms. The van der Waals surface area contributed by atoms with Gasteiger partial charge in [0.05, 0.1) is 12.1 Å². The number of nitrogens with zero attached hydrogens (tertiary/aromatic N) is 2. The Hall–Kier alpha value is -0.590. The third-order valence-electron chi connectivity index (χ3n) is 2.87. The fourth-order valence-corrected chi connectivity index (χ4v) is 2.08. The summed E-state index contributed by atoms with van der Waals surface area (Å²) in [6, 6.07) is 2.75. The van der Waals surface area contributed by atoms with Crippen molar-refractivity contribution >= 4 is 0 Å². The second kappa shape index (κ2) is 6.81. The Bertz CT molecular complexity index is 201. The second-order valence-electron chi connectivity index (χ2n) is 4.69. The summed E-state index contributed by atoms with van der Waals surface area (Å²) in [6.45, 7) is 7.69. The lowest BCUT2D eigenvalue weighted by Gasteiger charge is -2.27. The lowest BCUT2D eigenvalue weighted by molar-refractivity contribution is 0.220. The van der Waals surface area contributed by atoms with Crippen LogP contribution in [0.3, 0.4) is 0 Å². The molecule has 1 aliphatic rings. The summed E-state index contributed by atoms with van der Waals surface area (Å²) < 4.78 is 0. The predicted molar refractivity (Wildman–Crippen MR) is 62.6 cm³/mol. The van der Waals surface area contributed by atoms with Gasteiger partial charge in [-0.05, 0) is 46.2 Å². The van der Waals surface area contributed by atoms with Gasteiger partial charge < -0.3 is 4.90 Å². The molecule has 1 fully saturated rings. The molecule has 1 heterocycles. The first kappa shape index (κ1) is 12.5. The van der Waals surface area contributed by atoms with E-state index < -0.39 is 0 Å². The third-order valence-corrected chi connectivity index (χ3v) is 2.87. The molecule has 1 rings (SSSR count). The van der Waals surface area contributed by atoms with Gasteiger partial charge in [-0.25, -0.2) is 0 Å². The Labute approximate surface area is 93.5 Å².